The molecule has 0 spiro atoms. The van der Waals surface area contributed by atoms with Crippen LogP contribution in [0.4, 0.5) is 20.2 Å². The molecule has 1 saturated heterocycles. The number of ether oxygens (including phenoxy) is 3. The van der Waals surface area contributed by atoms with E-state index in [4.69, 9.17) is 9.47 Å². The average molecular weight is 434 g/mol. The highest BCUT2D eigenvalue weighted by Crippen LogP contribution is 2.29. The van der Waals surface area contributed by atoms with Crippen LogP contribution in [0.25, 0.3) is 0 Å². The van der Waals surface area contributed by atoms with Gasteiger partial charge in [0, 0.05) is 24.3 Å². The van der Waals surface area contributed by atoms with Crippen LogP contribution in [0.5, 0.6) is 11.5 Å². The molecular weight excluding hydrogens is 414 g/mol. The van der Waals surface area contributed by atoms with Gasteiger partial charge in [-0.2, -0.15) is 8.78 Å². The van der Waals surface area contributed by atoms with Gasteiger partial charge in [-0.3, -0.25) is 9.59 Å². The minimum atomic E-state index is -3.04. The summed E-state index contributed by atoms with van der Waals surface area (Å²) < 4.78 is 39.0. The van der Waals surface area contributed by atoms with Crippen LogP contribution in [-0.2, 0) is 14.3 Å². The molecule has 1 heterocycles. The van der Waals surface area contributed by atoms with Gasteiger partial charge in [0.05, 0.1) is 12.7 Å². The van der Waals surface area contributed by atoms with E-state index in [1.807, 2.05) is 0 Å². The first kappa shape index (κ1) is 22.0. The summed E-state index contributed by atoms with van der Waals surface area (Å²) in [6.07, 6.45) is 1.28. The standard InChI is InChI=1S/C21H20F2N2O6/c1-29-17-10-13(7-8-16(17)31-21(22)23)20(28)30-12-18(26)24-14-4-2-5-15(11-14)25-9-3-6-19(25)27/h2,4-5,7-8,10-11,21H,3,6,9,12H2,1H3,(H,24,26). The summed E-state index contributed by atoms with van der Waals surface area (Å²) in [5, 5.41) is 2.60. The molecule has 1 aliphatic heterocycles. The lowest BCUT2D eigenvalue weighted by Gasteiger charge is -2.16. The predicted octanol–water partition coefficient (Wildman–Crippen LogP) is 3.22. The molecule has 164 valence electrons. The van der Waals surface area contributed by atoms with Gasteiger partial charge in [-0.25, -0.2) is 4.79 Å². The highest BCUT2D eigenvalue weighted by atomic mass is 19.3. The predicted molar refractivity (Wildman–Crippen MR) is 107 cm³/mol. The summed E-state index contributed by atoms with van der Waals surface area (Å²) >= 11 is 0. The van der Waals surface area contributed by atoms with E-state index in [1.165, 1.54) is 19.2 Å². The number of hydrogen-bond donors (Lipinski definition) is 1. The Morgan fingerprint density at radius 1 is 1.16 bits per heavy atom. The van der Waals surface area contributed by atoms with Gasteiger partial charge in [0.15, 0.2) is 18.1 Å². The van der Waals surface area contributed by atoms with E-state index in [0.29, 0.717) is 24.3 Å². The number of nitrogens with zero attached hydrogens (tertiary/aromatic N) is 1. The van der Waals surface area contributed by atoms with Crippen LogP contribution in [0.1, 0.15) is 23.2 Å². The molecule has 2 aromatic carbocycles. The smallest absolute Gasteiger partial charge is 0.387 e. The Balaban J connectivity index is 1.57. The van der Waals surface area contributed by atoms with Gasteiger partial charge in [0.1, 0.15) is 0 Å². The molecule has 0 bridgehead atoms. The van der Waals surface area contributed by atoms with E-state index in [9.17, 15) is 23.2 Å². The van der Waals surface area contributed by atoms with Gasteiger partial charge in [0.2, 0.25) is 5.91 Å². The number of esters is 1. The van der Waals surface area contributed by atoms with Crippen LogP contribution in [0.15, 0.2) is 42.5 Å². The molecule has 3 rings (SSSR count). The molecular formula is C21H20F2N2O6. The number of hydrogen-bond acceptors (Lipinski definition) is 6. The molecule has 8 nitrogen and oxygen atoms in total. The van der Waals surface area contributed by atoms with Crippen molar-refractivity contribution < 1.29 is 37.4 Å². The van der Waals surface area contributed by atoms with Crippen molar-refractivity contribution in [3.05, 3.63) is 48.0 Å². The fraction of sp³-hybridized carbons (Fsp3) is 0.286. The number of carbonyl (C=O) groups excluding carboxylic acids is 3. The van der Waals surface area contributed by atoms with E-state index in [1.54, 1.807) is 29.2 Å². The SMILES string of the molecule is COc1cc(C(=O)OCC(=O)Nc2cccc(N3CCCC3=O)c2)ccc1OC(F)F. The van der Waals surface area contributed by atoms with E-state index in [0.717, 1.165) is 12.5 Å². The lowest BCUT2D eigenvalue weighted by molar-refractivity contribution is -0.119. The molecule has 0 aromatic heterocycles. The first-order chi connectivity index (χ1) is 14.9. The van der Waals surface area contributed by atoms with Crippen molar-refractivity contribution in [2.75, 3.05) is 30.5 Å². The van der Waals surface area contributed by atoms with Crippen molar-refractivity contribution in [1.29, 1.82) is 0 Å². The van der Waals surface area contributed by atoms with E-state index < -0.39 is 25.1 Å². The molecule has 0 atom stereocenters. The quantitative estimate of drug-likeness (QED) is 0.642. The van der Waals surface area contributed by atoms with Gasteiger partial charge in [-0.05, 0) is 42.8 Å². The number of benzene rings is 2. The molecule has 0 unspecified atom stereocenters. The maximum Gasteiger partial charge on any atom is 0.387 e. The Labute approximate surface area is 176 Å². The van der Waals surface area contributed by atoms with Crippen LogP contribution >= 0.6 is 0 Å². The van der Waals surface area contributed by atoms with E-state index in [2.05, 4.69) is 10.1 Å². The minimum Gasteiger partial charge on any atom is -0.493 e. The van der Waals surface area contributed by atoms with Crippen molar-refractivity contribution in [2.45, 2.75) is 19.5 Å². The summed E-state index contributed by atoms with van der Waals surface area (Å²) in [4.78, 5) is 37.8. The van der Waals surface area contributed by atoms with Gasteiger partial charge < -0.3 is 24.4 Å². The van der Waals surface area contributed by atoms with E-state index in [-0.39, 0.29) is 23.0 Å². The molecule has 2 aromatic rings. The van der Waals surface area contributed by atoms with Gasteiger partial charge in [-0.15, -0.1) is 0 Å². The number of anilines is 2. The number of halogens is 2. The summed E-state index contributed by atoms with van der Waals surface area (Å²) in [7, 11) is 1.24. The molecule has 0 radical (unpaired) electrons. The maximum absolute atomic E-state index is 12.4. The number of alkyl halides is 2. The van der Waals surface area contributed by atoms with Crippen molar-refractivity contribution in [1.82, 2.24) is 0 Å². The zero-order valence-corrected chi connectivity index (χ0v) is 16.6. The molecule has 1 fully saturated rings. The van der Waals surface area contributed by atoms with Crippen molar-refractivity contribution in [3.8, 4) is 11.5 Å². The van der Waals surface area contributed by atoms with Gasteiger partial charge in [-0.1, -0.05) is 6.07 Å². The molecule has 1 N–H and O–H groups in total. The highest BCUT2D eigenvalue weighted by Gasteiger charge is 2.22. The first-order valence-electron chi connectivity index (χ1n) is 9.37. The summed E-state index contributed by atoms with van der Waals surface area (Å²) in [5.41, 5.74) is 1.13. The fourth-order valence-corrected chi connectivity index (χ4v) is 3.07. The lowest BCUT2D eigenvalue weighted by Crippen LogP contribution is -2.24. The van der Waals surface area contributed by atoms with Crippen LogP contribution < -0.4 is 19.7 Å². The van der Waals surface area contributed by atoms with Crippen LogP contribution in [0.3, 0.4) is 0 Å². The zero-order valence-electron chi connectivity index (χ0n) is 16.6. The molecule has 10 heteroatoms. The maximum atomic E-state index is 12.4. The van der Waals surface area contributed by atoms with Gasteiger partial charge >= 0.3 is 12.6 Å². The average Bonchev–Trinajstić information content (AvgIpc) is 3.18. The molecule has 0 saturated carbocycles. The normalized spacial score (nSPS) is 13.3. The third kappa shape index (κ3) is 5.68. The Morgan fingerprint density at radius 3 is 2.65 bits per heavy atom. The zero-order chi connectivity index (χ0) is 22.4. The Kier molecular flexibility index (Phi) is 7.01. The molecule has 31 heavy (non-hydrogen) atoms. The number of nitrogens with one attached hydrogen (secondary N) is 1. The van der Waals surface area contributed by atoms with Crippen molar-refractivity contribution >= 4 is 29.2 Å². The lowest BCUT2D eigenvalue weighted by atomic mass is 10.2. The van der Waals surface area contributed by atoms with Gasteiger partial charge in [0.25, 0.3) is 5.91 Å². The Morgan fingerprint density at radius 2 is 1.97 bits per heavy atom. The summed E-state index contributed by atoms with van der Waals surface area (Å²) in [5.74, 6) is -1.70. The molecule has 0 aliphatic carbocycles. The van der Waals surface area contributed by atoms with Crippen LogP contribution in [-0.4, -0.2) is 44.7 Å². The third-order valence-electron chi connectivity index (χ3n) is 4.46. The number of methoxy groups -OCH3 is 1. The summed E-state index contributed by atoms with van der Waals surface area (Å²) in [6, 6.07) is 10.3. The van der Waals surface area contributed by atoms with E-state index >= 15 is 0 Å². The van der Waals surface area contributed by atoms with Crippen LogP contribution in [0.2, 0.25) is 0 Å². The Hall–Kier alpha value is -3.69. The largest absolute Gasteiger partial charge is 0.493 e. The topological polar surface area (TPSA) is 94.2 Å². The second kappa shape index (κ2) is 9.88. The second-order valence-electron chi connectivity index (χ2n) is 6.57. The van der Waals surface area contributed by atoms with Crippen molar-refractivity contribution in [2.24, 2.45) is 0 Å². The highest BCUT2D eigenvalue weighted by molar-refractivity contribution is 5.98. The second-order valence-corrected chi connectivity index (χ2v) is 6.57. The number of carbonyl (C=O) groups is 3. The molecule has 1 aliphatic rings. The molecule has 2 amide bonds. The first-order valence-corrected chi connectivity index (χ1v) is 9.37. The van der Waals surface area contributed by atoms with Crippen molar-refractivity contribution in [3.63, 3.8) is 0 Å². The number of amides is 2. The third-order valence-corrected chi connectivity index (χ3v) is 4.46. The number of rotatable bonds is 8. The summed E-state index contributed by atoms with van der Waals surface area (Å²) in [6.45, 7) is -2.99. The fourth-order valence-electron chi connectivity index (χ4n) is 3.07. The Bertz CT molecular complexity index is 982. The monoisotopic (exact) mass is 434 g/mol. The minimum absolute atomic E-state index is 0.000750. The van der Waals surface area contributed by atoms with Crippen LogP contribution in [0, 0.1) is 0 Å².